The zero-order valence-electron chi connectivity index (χ0n) is 9.90. The number of carbonyl (C=O) groups excluding carboxylic acids is 1. The quantitative estimate of drug-likeness (QED) is 0.745. The maximum absolute atomic E-state index is 12.0. The number of piperidine rings is 1. The smallest absolute Gasteiger partial charge is 0.326 e. The summed E-state index contributed by atoms with van der Waals surface area (Å²) < 4.78 is 0. The average Bonchev–Trinajstić information content (AvgIpc) is 2.28. The van der Waals surface area contributed by atoms with Crippen molar-refractivity contribution in [2.45, 2.75) is 45.6 Å². The number of amides is 1. The van der Waals surface area contributed by atoms with Crippen LogP contribution in [0.2, 0.25) is 0 Å². The molecule has 1 amide bonds. The van der Waals surface area contributed by atoms with Crippen molar-refractivity contribution in [2.75, 3.05) is 6.54 Å². The van der Waals surface area contributed by atoms with Crippen LogP contribution in [0.25, 0.3) is 0 Å². The molecule has 0 aromatic rings. The molecule has 0 saturated carbocycles. The van der Waals surface area contributed by atoms with Gasteiger partial charge in [0, 0.05) is 12.1 Å². The molecule has 0 bridgehead atoms. The second kappa shape index (κ2) is 5.68. The number of hydrogen-bond acceptors (Lipinski definition) is 2. The maximum atomic E-state index is 12.0. The Hall–Kier alpha value is -1.32. The molecule has 0 spiro atoms. The first-order valence-corrected chi connectivity index (χ1v) is 5.78. The first kappa shape index (κ1) is 12.7. The molecular formula is C12H19NO3. The van der Waals surface area contributed by atoms with Crippen molar-refractivity contribution >= 4 is 11.9 Å². The second-order valence-corrected chi connectivity index (χ2v) is 4.14. The summed E-state index contributed by atoms with van der Waals surface area (Å²) in [7, 11) is 0. The SMILES string of the molecule is CC/C=C(\C)C(=O)N1CCCCC1C(=O)O. The van der Waals surface area contributed by atoms with Crippen LogP contribution in [-0.4, -0.2) is 34.5 Å². The summed E-state index contributed by atoms with van der Waals surface area (Å²) in [4.78, 5) is 24.5. The molecule has 1 heterocycles. The van der Waals surface area contributed by atoms with Crippen molar-refractivity contribution in [1.82, 2.24) is 4.90 Å². The summed E-state index contributed by atoms with van der Waals surface area (Å²) in [5, 5.41) is 9.06. The largest absolute Gasteiger partial charge is 0.480 e. The maximum Gasteiger partial charge on any atom is 0.326 e. The lowest BCUT2D eigenvalue weighted by Gasteiger charge is -2.33. The Morgan fingerprint density at radius 2 is 2.12 bits per heavy atom. The summed E-state index contributed by atoms with van der Waals surface area (Å²) >= 11 is 0. The molecule has 0 aromatic heterocycles. The topological polar surface area (TPSA) is 57.6 Å². The van der Waals surface area contributed by atoms with Crippen molar-refractivity contribution in [3.63, 3.8) is 0 Å². The first-order valence-electron chi connectivity index (χ1n) is 5.78. The summed E-state index contributed by atoms with van der Waals surface area (Å²) in [6.07, 6.45) is 4.99. The number of nitrogens with zero attached hydrogens (tertiary/aromatic N) is 1. The molecule has 1 fully saturated rings. The van der Waals surface area contributed by atoms with Crippen LogP contribution in [0.5, 0.6) is 0 Å². The number of carboxylic acid groups (broad SMARTS) is 1. The number of carbonyl (C=O) groups is 2. The van der Waals surface area contributed by atoms with Gasteiger partial charge >= 0.3 is 5.97 Å². The van der Waals surface area contributed by atoms with E-state index in [9.17, 15) is 9.59 Å². The van der Waals surface area contributed by atoms with Crippen molar-refractivity contribution in [1.29, 1.82) is 0 Å². The van der Waals surface area contributed by atoms with Crippen molar-refractivity contribution in [3.05, 3.63) is 11.6 Å². The summed E-state index contributed by atoms with van der Waals surface area (Å²) in [6, 6.07) is -0.638. The van der Waals surface area contributed by atoms with Gasteiger partial charge in [-0.2, -0.15) is 0 Å². The number of likely N-dealkylation sites (tertiary alicyclic amines) is 1. The van der Waals surface area contributed by atoms with Gasteiger partial charge in [-0.1, -0.05) is 13.0 Å². The van der Waals surface area contributed by atoms with Gasteiger partial charge in [0.2, 0.25) is 5.91 Å². The average molecular weight is 225 g/mol. The van der Waals surface area contributed by atoms with Gasteiger partial charge in [0.1, 0.15) is 6.04 Å². The molecule has 1 aliphatic rings. The van der Waals surface area contributed by atoms with E-state index in [4.69, 9.17) is 5.11 Å². The van der Waals surface area contributed by atoms with Gasteiger partial charge in [0.15, 0.2) is 0 Å². The van der Waals surface area contributed by atoms with E-state index in [1.165, 1.54) is 4.90 Å². The van der Waals surface area contributed by atoms with Crippen molar-refractivity contribution in [2.24, 2.45) is 0 Å². The van der Waals surface area contributed by atoms with Crippen LogP contribution in [0.4, 0.5) is 0 Å². The van der Waals surface area contributed by atoms with Gasteiger partial charge in [-0.15, -0.1) is 0 Å². The minimum absolute atomic E-state index is 0.131. The van der Waals surface area contributed by atoms with Crippen LogP contribution in [0.15, 0.2) is 11.6 Å². The number of carboxylic acids is 1. The van der Waals surface area contributed by atoms with E-state index in [-0.39, 0.29) is 5.91 Å². The van der Waals surface area contributed by atoms with Crippen molar-refractivity contribution in [3.8, 4) is 0 Å². The van der Waals surface area contributed by atoms with E-state index in [1.807, 2.05) is 13.0 Å². The standard InChI is InChI=1S/C12H19NO3/c1-3-6-9(2)11(14)13-8-5-4-7-10(13)12(15)16/h6,10H,3-5,7-8H2,1-2H3,(H,15,16)/b9-6+. The second-order valence-electron chi connectivity index (χ2n) is 4.14. The number of allylic oxidation sites excluding steroid dienone is 1. The van der Waals surface area contributed by atoms with Gasteiger partial charge in [-0.25, -0.2) is 4.79 Å². The van der Waals surface area contributed by atoms with Crippen LogP contribution in [0, 0.1) is 0 Å². The first-order chi connectivity index (χ1) is 7.57. The zero-order chi connectivity index (χ0) is 12.1. The predicted octanol–water partition coefficient (Wildman–Crippen LogP) is 1.81. The minimum Gasteiger partial charge on any atom is -0.480 e. The summed E-state index contributed by atoms with van der Waals surface area (Å²) in [6.45, 7) is 4.27. The third-order valence-corrected chi connectivity index (χ3v) is 2.90. The fourth-order valence-corrected chi connectivity index (χ4v) is 2.05. The number of aliphatic carboxylic acids is 1. The number of hydrogen-bond donors (Lipinski definition) is 1. The van der Waals surface area contributed by atoms with Gasteiger partial charge in [0.05, 0.1) is 0 Å². The monoisotopic (exact) mass is 225 g/mol. The normalized spacial score (nSPS) is 22.0. The molecule has 1 saturated heterocycles. The minimum atomic E-state index is -0.891. The fraction of sp³-hybridized carbons (Fsp3) is 0.667. The van der Waals surface area contributed by atoms with E-state index < -0.39 is 12.0 Å². The Morgan fingerprint density at radius 3 is 2.69 bits per heavy atom. The molecule has 0 radical (unpaired) electrons. The zero-order valence-corrected chi connectivity index (χ0v) is 9.90. The third-order valence-electron chi connectivity index (χ3n) is 2.90. The predicted molar refractivity (Wildman–Crippen MR) is 61.0 cm³/mol. The highest BCUT2D eigenvalue weighted by Crippen LogP contribution is 2.19. The third kappa shape index (κ3) is 2.84. The van der Waals surface area contributed by atoms with Crippen LogP contribution in [0.1, 0.15) is 39.5 Å². The van der Waals surface area contributed by atoms with E-state index in [0.717, 1.165) is 19.3 Å². The van der Waals surface area contributed by atoms with E-state index in [0.29, 0.717) is 18.5 Å². The molecule has 1 N–H and O–H groups in total. The number of rotatable bonds is 3. The Balaban J connectivity index is 2.79. The molecule has 4 nitrogen and oxygen atoms in total. The Bertz CT molecular complexity index is 309. The summed E-state index contributed by atoms with van der Waals surface area (Å²) in [5.74, 6) is -1.02. The van der Waals surface area contributed by atoms with Gasteiger partial charge in [-0.3, -0.25) is 4.79 Å². The summed E-state index contributed by atoms with van der Waals surface area (Å²) in [5.41, 5.74) is 0.649. The van der Waals surface area contributed by atoms with Crippen molar-refractivity contribution < 1.29 is 14.7 Å². The lowest BCUT2D eigenvalue weighted by Crippen LogP contribution is -2.48. The van der Waals surface area contributed by atoms with Gasteiger partial charge in [0.25, 0.3) is 0 Å². The van der Waals surface area contributed by atoms with Gasteiger partial charge < -0.3 is 10.0 Å². The molecule has 0 aromatic carbocycles. The Kier molecular flexibility index (Phi) is 4.52. The van der Waals surface area contributed by atoms with Crippen LogP contribution in [0.3, 0.4) is 0 Å². The lowest BCUT2D eigenvalue weighted by atomic mass is 10.0. The molecule has 1 unspecified atom stereocenters. The Labute approximate surface area is 95.9 Å². The van der Waals surface area contributed by atoms with Crippen LogP contribution >= 0.6 is 0 Å². The Morgan fingerprint density at radius 1 is 1.44 bits per heavy atom. The molecule has 16 heavy (non-hydrogen) atoms. The van der Waals surface area contributed by atoms with Gasteiger partial charge in [-0.05, 0) is 32.6 Å². The van der Waals surface area contributed by atoms with E-state index in [2.05, 4.69) is 0 Å². The lowest BCUT2D eigenvalue weighted by molar-refractivity contribution is -0.150. The molecule has 90 valence electrons. The molecule has 0 aliphatic carbocycles. The molecule has 4 heteroatoms. The molecular weight excluding hydrogens is 206 g/mol. The van der Waals surface area contributed by atoms with E-state index in [1.54, 1.807) is 6.92 Å². The molecule has 1 aliphatic heterocycles. The molecule has 1 rings (SSSR count). The van der Waals surface area contributed by atoms with Crippen LogP contribution < -0.4 is 0 Å². The fourth-order valence-electron chi connectivity index (χ4n) is 2.05. The highest BCUT2D eigenvalue weighted by Gasteiger charge is 2.32. The highest BCUT2D eigenvalue weighted by atomic mass is 16.4. The highest BCUT2D eigenvalue weighted by molar-refractivity contribution is 5.95. The van der Waals surface area contributed by atoms with Crippen LogP contribution in [-0.2, 0) is 9.59 Å². The molecule has 1 atom stereocenters. The van der Waals surface area contributed by atoms with E-state index >= 15 is 0 Å².